The molecule has 7 nitrogen and oxygen atoms in total. The van der Waals surface area contributed by atoms with E-state index in [1.165, 1.54) is 19.3 Å². The summed E-state index contributed by atoms with van der Waals surface area (Å²) in [5, 5.41) is 6.62. The van der Waals surface area contributed by atoms with Crippen LogP contribution in [0.4, 0.5) is 0 Å². The highest BCUT2D eigenvalue weighted by Gasteiger charge is 2.18. The van der Waals surface area contributed by atoms with Gasteiger partial charge in [-0.05, 0) is 44.0 Å². The molecule has 0 saturated carbocycles. The number of carbonyl (C=O) groups is 1. The van der Waals surface area contributed by atoms with E-state index in [0.29, 0.717) is 25.0 Å². The minimum absolute atomic E-state index is 0.146. The molecule has 0 aliphatic carbocycles. The van der Waals surface area contributed by atoms with Crippen molar-refractivity contribution in [2.75, 3.05) is 26.8 Å². The number of likely N-dealkylation sites (tertiary alicyclic amines) is 1. The number of nitrogens with zero attached hydrogens (tertiary/aromatic N) is 2. The van der Waals surface area contributed by atoms with Crippen molar-refractivity contribution in [3.05, 3.63) is 29.8 Å². The Balaban J connectivity index is 1.66. The zero-order valence-corrected chi connectivity index (χ0v) is 15.0. The number of rotatable bonds is 8. The normalized spacial score (nSPS) is 18.6. The van der Waals surface area contributed by atoms with E-state index in [2.05, 4.69) is 22.3 Å². The Morgan fingerprint density at radius 2 is 2.12 bits per heavy atom. The van der Waals surface area contributed by atoms with Crippen molar-refractivity contribution in [3.8, 4) is 5.75 Å². The van der Waals surface area contributed by atoms with Gasteiger partial charge in [-0.1, -0.05) is 23.7 Å². The lowest BCUT2D eigenvalue weighted by Gasteiger charge is -2.32. The monoisotopic (exact) mass is 348 g/mol. The maximum atomic E-state index is 11.8. The largest absolute Gasteiger partial charge is 0.497 e. The molecule has 25 heavy (non-hydrogen) atoms. The van der Waals surface area contributed by atoms with Crippen molar-refractivity contribution in [2.24, 2.45) is 10.9 Å². The summed E-state index contributed by atoms with van der Waals surface area (Å²) in [4.78, 5) is 19.1. The van der Waals surface area contributed by atoms with Crippen LogP contribution in [-0.4, -0.2) is 49.5 Å². The van der Waals surface area contributed by atoms with Gasteiger partial charge in [0.2, 0.25) is 0 Å². The van der Waals surface area contributed by atoms with Gasteiger partial charge >= 0.3 is 0 Å². The molecule has 1 amide bonds. The zero-order valence-electron chi connectivity index (χ0n) is 15.0. The first-order valence-corrected chi connectivity index (χ1v) is 8.66. The lowest BCUT2D eigenvalue weighted by molar-refractivity contribution is -0.125. The van der Waals surface area contributed by atoms with Crippen molar-refractivity contribution < 1.29 is 14.4 Å². The molecule has 1 aliphatic rings. The number of ether oxygens (including phenoxy) is 1. The lowest BCUT2D eigenvalue weighted by atomic mass is 10.0. The Hall–Kier alpha value is -2.28. The van der Waals surface area contributed by atoms with Crippen LogP contribution >= 0.6 is 0 Å². The second-order valence-electron chi connectivity index (χ2n) is 6.30. The first kappa shape index (κ1) is 19.1. The molecule has 1 heterocycles. The van der Waals surface area contributed by atoms with Gasteiger partial charge in [-0.3, -0.25) is 9.69 Å². The zero-order chi connectivity index (χ0) is 18.1. The van der Waals surface area contributed by atoms with Gasteiger partial charge in [-0.25, -0.2) is 0 Å². The second-order valence-corrected chi connectivity index (χ2v) is 6.30. The van der Waals surface area contributed by atoms with E-state index in [9.17, 15) is 4.79 Å². The van der Waals surface area contributed by atoms with E-state index in [0.717, 1.165) is 17.9 Å². The average Bonchev–Trinajstić information content (AvgIpc) is 2.62. The number of benzene rings is 1. The molecule has 1 aromatic carbocycles. The molecular formula is C18H28N4O3. The summed E-state index contributed by atoms with van der Waals surface area (Å²) < 4.78 is 5.09. The van der Waals surface area contributed by atoms with Gasteiger partial charge in [0.15, 0.2) is 12.4 Å². The van der Waals surface area contributed by atoms with Crippen molar-refractivity contribution in [1.29, 1.82) is 0 Å². The Bertz CT molecular complexity index is 574. The summed E-state index contributed by atoms with van der Waals surface area (Å²) in [7, 11) is 1.62. The Kier molecular flexibility index (Phi) is 7.53. The lowest BCUT2D eigenvalue weighted by Crippen LogP contribution is -2.43. The molecule has 1 aliphatic heterocycles. The van der Waals surface area contributed by atoms with Crippen LogP contribution in [0.2, 0.25) is 0 Å². The third-order valence-electron chi connectivity index (χ3n) is 4.33. The Labute approximate surface area is 149 Å². The topological polar surface area (TPSA) is 89.2 Å². The summed E-state index contributed by atoms with van der Waals surface area (Å²) in [6, 6.07) is 8.01. The maximum absolute atomic E-state index is 11.8. The van der Waals surface area contributed by atoms with Gasteiger partial charge in [-0.2, -0.15) is 0 Å². The summed E-state index contributed by atoms with van der Waals surface area (Å²) in [5.74, 6) is 0.946. The van der Waals surface area contributed by atoms with E-state index >= 15 is 0 Å². The van der Waals surface area contributed by atoms with Crippen molar-refractivity contribution >= 4 is 11.7 Å². The second kappa shape index (κ2) is 9.88. The van der Waals surface area contributed by atoms with Gasteiger partial charge in [0.1, 0.15) is 5.75 Å². The Morgan fingerprint density at radius 3 is 2.80 bits per heavy atom. The molecule has 0 unspecified atom stereocenters. The van der Waals surface area contributed by atoms with E-state index in [1.54, 1.807) is 7.11 Å². The minimum atomic E-state index is -0.237. The number of piperidine rings is 1. The SMILES string of the molecule is COc1ccc(CNC(=O)CO/N=C(\N)CN2CCCC[C@@H]2C)cc1. The number of carbonyl (C=O) groups excluding carboxylic acids is 1. The van der Waals surface area contributed by atoms with E-state index in [-0.39, 0.29) is 12.5 Å². The molecule has 1 fully saturated rings. The smallest absolute Gasteiger partial charge is 0.261 e. The third-order valence-corrected chi connectivity index (χ3v) is 4.33. The van der Waals surface area contributed by atoms with E-state index in [1.807, 2.05) is 24.3 Å². The van der Waals surface area contributed by atoms with Gasteiger partial charge in [0, 0.05) is 12.6 Å². The number of nitrogens with one attached hydrogen (secondary N) is 1. The van der Waals surface area contributed by atoms with Gasteiger partial charge < -0.3 is 20.6 Å². The fraction of sp³-hybridized carbons (Fsp3) is 0.556. The molecular weight excluding hydrogens is 320 g/mol. The number of amidine groups is 1. The molecule has 1 saturated heterocycles. The minimum Gasteiger partial charge on any atom is -0.497 e. The fourth-order valence-corrected chi connectivity index (χ4v) is 2.80. The predicted octanol–water partition coefficient (Wildman–Crippen LogP) is 1.47. The van der Waals surface area contributed by atoms with E-state index in [4.69, 9.17) is 15.3 Å². The quantitative estimate of drug-likeness (QED) is 0.422. The highest BCUT2D eigenvalue weighted by molar-refractivity contribution is 5.82. The van der Waals surface area contributed by atoms with Crippen molar-refractivity contribution in [2.45, 2.75) is 38.8 Å². The third kappa shape index (κ3) is 6.62. The summed E-state index contributed by atoms with van der Waals surface area (Å²) in [5.41, 5.74) is 6.87. The predicted molar refractivity (Wildman–Crippen MR) is 97.3 cm³/mol. The van der Waals surface area contributed by atoms with Gasteiger partial charge in [0.05, 0.1) is 13.7 Å². The number of methoxy groups -OCH3 is 1. The molecule has 0 spiro atoms. The number of oxime groups is 1. The van der Waals surface area contributed by atoms with Crippen LogP contribution < -0.4 is 15.8 Å². The van der Waals surface area contributed by atoms with Crippen LogP contribution in [-0.2, 0) is 16.2 Å². The molecule has 0 aromatic heterocycles. The Morgan fingerprint density at radius 1 is 1.36 bits per heavy atom. The van der Waals surface area contributed by atoms with Crippen molar-refractivity contribution in [3.63, 3.8) is 0 Å². The molecule has 7 heteroatoms. The molecule has 0 bridgehead atoms. The molecule has 0 radical (unpaired) electrons. The van der Waals surface area contributed by atoms with Gasteiger partial charge in [-0.15, -0.1) is 0 Å². The van der Waals surface area contributed by atoms with Crippen LogP contribution in [0.1, 0.15) is 31.7 Å². The standard InChI is InChI=1S/C18H28N4O3/c1-14-5-3-4-10-22(14)12-17(19)21-25-13-18(23)20-11-15-6-8-16(24-2)9-7-15/h6-9,14H,3-5,10-13H2,1-2H3,(H2,19,21)(H,20,23)/t14-/m0/s1. The highest BCUT2D eigenvalue weighted by Crippen LogP contribution is 2.15. The van der Waals surface area contributed by atoms with Gasteiger partial charge in [0.25, 0.3) is 5.91 Å². The number of hydrogen-bond donors (Lipinski definition) is 2. The van der Waals surface area contributed by atoms with Crippen LogP contribution in [0, 0.1) is 0 Å². The fourth-order valence-electron chi connectivity index (χ4n) is 2.80. The summed E-state index contributed by atoms with van der Waals surface area (Å²) in [6.45, 7) is 4.08. The number of nitrogens with two attached hydrogens (primary N) is 1. The molecule has 2 rings (SSSR count). The van der Waals surface area contributed by atoms with E-state index < -0.39 is 0 Å². The molecule has 1 aromatic rings. The molecule has 138 valence electrons. The van der Waals surface area contributed by atoms with Crippen LogP contribution in [0.3, 0.4) is 0 Å². The van der Waals surface area contributed by atoms with Crippen LogP contribution in [0.25, 0.3) is 0 Å². The average molecular weight is 348 g/mol. The highest BCUT2D eigenvalue weighted by atomic mass is 16.6. The summed E-state index contributed by atoms with van der Waals surface area (Å²) >= 11 is 0. The molecule has 1 atom stereocenters. The first-order valence-electron chi connectivity index (χ1n) is 8.66. The first-order chi connectivity index (χ1) is 12.1. The number of amides is 1. The summed E-state index contributed by atoms with van der Waals surface area (Å²) in [6.07, 6.45) is 3.63. The van der Waals surface area contributed by atoms with Crippen molar-refractivity contribution in [1.82, 2.24) is 10.2 Å². The maximum Gasteiger partial charge on any atom is 0.261 e. The van der Waals surface area contributed by atoms with Crippen LogP contribution in [0.5, 0.6) is 5.75 Å². The molecule has 3 N–H and O–H groups in total. The van der Waals surface area contributed by atoms with Crippen LogP contribution in [0.15, 0.2) is 29.4 Å². The number of hydrogen-bond acceptors (Lipinski definition) is 5.